The van der Waals surface area contributed by atoms with Crippen molar-refractivity contribution >= 4 is 5.96 Å². The normalized spacial score (nSPS) is 19.6. The maximum absolute atomic E-state index is 4.92. The Labute approximate surface area is 184 Å². The van der Waals surface area contributed by atoms with E-state index < -0.39 is 0 Å². The average molecular weight is 421 g/mol. The molecule has 2 atom stereocenters. The van der Waals surface area contributed by atoms with E-state index in [9.17, 15) is 0 Å². The summed E-state index contributed by atoms with van der Waals surface area (Å²) in [4.78, 5) is 16.1. The van der Waals surface area contributed by atoms with Gasteiger partial charge in [-0.05, 0) is 50.8 Å². The monoisotopic (exact) mass is 420 g/mol. The first kappa shape index (κ1) is 21.1. The molecule has 4 rings (SSSR count). The van der Waals surface area contributed by atoms with Gasteiger partial charge < -0.3 is 14.8 Å². The van der Waals surface area contributed by atoms with Crippen LogP contribution >= 0.6 is 0 Å². The van der Waals surface area contributed by atoms with Gasteiger partial charge in [0.15, 0.2) is 11.8 Å². The fourth-order valence-electron chi connectivity index (χ4n) is 4.18. The van der Waals surface area contributed by atoms with Crippen LogP contribution in [0.2, 0.25) is 0 Å². The molecule has 0 saturated carbocycles. The topological polar surface area (TPSA) is 76.2 Å². The first-order chi connectivity index (χ1) is 15.0. The number of aromatic nitrogens is 5. The first-order valence-electron chi connectivity index (χ1n) is 11.0. The Morgan fingerprint density at radius 3 is 2.81 bits per heavy atom. The minimum atomic E-state index is 0.404. The largest absolute Gasteiger partial charge is 0.357 e. The van der Waals surface area contributed by atoms with Crippen LogP contribution in [0.4, 0.5) is 0 Å². The number of nitrogens with zero attached hydrogens (tertiary/aromatic N) is 7. The van der Waals surface area contributed by atoms with E-state index >= 15 is 0 Å². The minimum absolute atomic E-state index is 0.404. The van der Waals surface area contributed by atoms with E-state index in [0.717, 1.165) is 54.8 Å². The van der Waals surface area contributed by atoms with Crippen molar-refractivity contribution in [2.24, 2.45) is 10.9 Å². The quantitative estimate of drug-likeness (QED) is 0.507. The zero-order valence-corrected chi connectivity index (χ0v) is 18.9. The number of aliphatic imine (C=N–C) groups is 1. The molecule has 3 aromatic heterocycles. The van der Waals surface area contributed by atoms with Gasteiger partial charge in [-0.15, -0.1) is 0 Å². The lowest BCUT2D eigenvalue weighted by atomic mass is 9.93. The highest BCUT2D eigenvalue weighted by atomic mass is 15.3. The van der Waals surface area contributed by atoms with Crippen molar-refractivity contribution in [2.75, 3.05) is 19.6 Å². The summed E-state index contributed by atoms with van der Waals surface area (Å²) in [7, 11) is 0. The zero-order chi connectivity index (χ0) is 21.8. The minimum Gasteiger partial charge on any atom is -0.357 e. The fourth-order valence-corrected chi connectivity index (χ4v) is 4.18. The van der Waals surface area contributed by atoms with E-state index in [4.69, 9.17) is 4.99 Å². The van der Waals surface area contributed by atoms with Gasteiger partial charge in [0.05, 0.1) is 24.6 Å². The number of piperidine rings is 1. The summed E-state index contributed by atoms with van der Waals surface area (Å²) in [5.41, 5.74) is 3.15. The third kappa shape index (κ3) is 4.78. The molecule has 0 spiro atoms. The van der Waals surface area contributed by atoms with Crippen LogP contribution in [0.25, 0.3) is 5.82 Å². The van der Waals surface area contributed by atoms with Crippen molar-refractivity contribution in [2.45, 2.75) is 46.7 Å². The van der Waals surface area contributed by atoms with Crippen molar-refractivity contribution in [1.29, 1.82) is 0 Å². The molecule has 2 unspecified atom stereocenters. The number of likely N-dealkylation sites (tertiary alicyclic amines) is 1. The Morgan fingerprint density at radius 1 is 1.29 bits per heavy atom. The highest BCUT2D eigenvalue weighted by Crippen LogP contribution is 2.27. The molecule has 1 fully saturated rings. The van der Waals surface area contributed by atoms with E-state index in [1.165, 1.54) is 0 Å². The number of nitrogens with one attached hydrogen (secondary N) is 1. The predicted molar refractivity (Wildman–Crippen MR) is 122 cm³/mol. The Kier molecular flexibility index (Phi) is 6.34. The van der Waals surface area contributed by atoms with Gasteiger partial charge in [0.1, 0.15) is 0 Å². The van der Waals surface area contributed by atoms with Crippen LogP contribution in [0.1, 0.15) is 43.3 Å². The number of hydrogen-bond acceptors (Lipinski definition) is 4. The molecule has 1 N–H and O–H groups in total. The molecule has 1 aliphatic rings. The van der Waals surface area contributed by atoms with Crippen LogP contribution < -0.4 is 5.32 Å². The molecule has 0 amide bonds. The zero-order valence-electron chi connectivity index (χ0n) is 18.9. The number of rotatable bonds is 5. The smallest absolute Gasteiger partial charge is 0.194 e. The second-order valence-electron chi connectivity index (χ2n) is 8.32. The van der Waals surface area contributed by atoms with Crippen LogP contribution in [0.5, 0.6) is 0 Å². The third-order valence-corrected chi connectivity index (χ3v) is 5.91. The van der Waals surface area contributed by atoms with Gasteiger partial charge in [0, 0.05) is 43.9 Å². The molecule has 8 nitrogen and oxygen atoms in total. The summed E-state index contributed by atoms with van der Waals surface area (Å²) < 4.78 is 4.10. The van der Waals surface area contributed by atoms with Crippen molar-refractivity contribution in [1.82, 2.24) is 34.5 Å². The Balaban J connectivity index is 1.47. The second-order valence-corrected chi connectivity index (χ2v) is 8.32. The van der Waals surface area contributed by atoms with Crippen molar-refractivity contribution in [3.8, 4) is 5.82 Å². The fraction of sp³-hybridized carbons (Fsp3) is 0.478. The molecule has 0 radical (unpaired) electrons. The number of hydrogen-bond donors (Lipinski definition) is 1. The molecule has 0 bridgehead atoms. The van der Waals surface area contributed by atoms with Gasteiger partial charge >= 0.3 is 0 Å². The lowest BCUT2D eigenvalue weighted by molar-refractivity contribution is 0.189. The summed E-state index contributed by atoms with van der Waals surface area (Å²) in [6, 6.07) is 6.55. The summed E-state index contributed by atoms with van der Waals surface area (Å²) in [6.07, 6.45) is 8.86. The standard InChI is InChI=1S/C23H32N8/c1-5-25-23(29-10-8-17(2)21(15-29)30-11-9-24-16-30)27-14-20-6-7-22(26-13-20)31-19(4)12-18(3)28-31/h6-7,9,11-13,16-17,21H,5,8,10,14-15H2,1-4H3,(H,25,27). The maximum Gasteiger partial charge on any atom is 0.194 e. The molecule has 1 saturated heterocycles. The van der Waals surface area contributed by atoms with Crippen molar-refractivity contribution in [3.05, 3.63) is 60.1 Å². The van der Waals surface area contributed by atoms with Gasteiger partial charge in [-0.2, -0.15) is 5.10 Å². The molecule has 0 aliphatic carbocycles. The van der Waals surface area contributed by atoms with Crippen molar-refractivity contribution < 1.29 is 0 Å². The predicted octanol–water partition coefficient (Wildman–Crippen LogP) is 3.13. The lowest BCUT2D eigenvalue weighted by Crippen LogP contribution is -2.49. The summed E-state index contributed by atoms with van der Waals surface area (Å²) in [5.74, 6) is 2.40. The molecule has 8 heteroatoms. The highest BCUT2D eigenvalue weighted by Gasteiger charge is 2.28. The molecule has 3 aromatic rings. The van der Waals surface area contributed by atoms with Gasteiger partial charge in [-0.25, -0.2) is 19.6 Å². The van der Waals surface area contributed by atoms with Crippen LogP contribution in [-0.4, -0.2) is 54.8 Å². The van der Waals surface area contributed by atoms with E-state index in [1.54, 1.807) is 0 Å². The van der Waals surface area contributed by atoms with Gasteiger partial charge in [-0.1, -0.05) is 13.0 Å². The summed E-state index contributed by atoms with van der Waals surface area (Å²) >= 11 is 0. The second kappa shape index (κ2) is 9.32. The number of aryl methyl sites for hydroxylation is 2. The molecule has 31 heavy (non-hydrogen) atoms. The Bertz CT molecular complexity index is 1000. The molecular formula is C23H32N8. The molecule has 164 valence electrons. The first-order valence-corrected chi connectivity index (χ1v) is 11.0. The number of guanidine groups is 1. The summed E-state index contributed by atoms with van der Waals surface area (Å²) in [6.45, 7) is 11.8. The van der Waals surface area contributed by atoms with Crippen LogP contribution in [0, 0.1) is 19.8 Å². The highest BCUT2D eigenvalue weighted by molar-refractivity contribution is 5.80. The maximum atomic E-state index is 4.92. The summed E-state index contributed by atoms with van der Waals surface area (Å²) in [5, 5.41) is 7.97. The molecule has 0 aromatic carbocycles. The molecule has 4 heterocycles. The Hall–Kier alpha value is -3.16. The number of pyridine rings is 1. The number of imidazole rings is 1. The van der Waals surface area contributed by atoms with Gasteiger partial charge in [0.2, 0.25) is 0 Å². The van der Waals surface area contributed by atoms with Crippen molar-refractivity contribution in [3.63, 3.8) is 0 Å². The SMILES string of the molecule is CCNC(=NCc1ccc(-n2nc(C)cc2C)nc1)N1CCC(C)C(n2ccnc2)C1. The molecule has 1 aliphatic heterocycles. The van der Waals surface area contributed by atoms with E-state index in [0.29, 0.717) is 18.5 Å². The Morgan fingerprint density at radius 2 is 2.16 bits per heavy atom. The van der Waals surface area contributed by atoms with Crippen LogP contribution in [0.15, 0.2) is 48.1 Å². The molecular weight excluding hydrogens is 388 g/mol. The lowest BCUT2D eigenvalue weighted by Gasteiger charge is -2.39. The average Bonchev–Trinajstić information content (AvgIpc) is 3.41. The van der Waals surface area contributed by atoms with Crippen LogP contribution in [-0.2, 0) is 6.54 Å². The van der Waals surface area contributed by atoms with Gasteiger partial charge in [-0.3, -0.25) is 0 Å². The van der Waals surface area contributed by atoms with E-state index in [-0.39, 0.29) is 0 Å². The van der Waals surface area contributed by atoms with E-state index in [2.05, 4.69) is 62.0 Å². The third-order valence-electron chi connectivity index (χ3n) is 5.91. The van der Waals surface area contributed by atoms with Gasteiger partial charge in [0.25, 0.3) is 0 Å². The van der Waals surface area contributed by atoms with E-state index in [1.807, 2.05) is 43.3 Å². The van der Waals surface area contributed by atoms with Crippen LogP contribution in [0.3, 0.4) is 0 Å².